The number of amides is 1. The molecule has 3 heterocycles. The molecule has 1 aromatic carbocycles. The van der Waals surface area contributed by atoms with Crippen LogP contribution in [0.5, 0.6) is 0 Å². The Bertz CT molecular complexity index is 801. The molecule has 0 saturated carbocycles. The molecule has 2 aliphatic heterocycles. The Morgan fingerprint density at radius 3 is 2.61 bits per heavy atom. The first kappa shape index (κ1) is 18.7. The summed E-state index contributed by atoms with van der Waals surface area (Å²) in [4.78, 5) is 25.3. The topological polar surface area (TPSA) is 81.6 Å². The number of rotatable bonds is 6. The zero-order valence-electron chi connectivity index (χ0n) is 16.2. The standard InChI is InChI=1S/C21H27N5O2/c1-2-21(28)26-16-8-9-17(26)13-25(12-16)20-10-19(23-14-24-20)22-11-18(27)15-6-4-3-5-7-15/h3-7,10,14,16-18,27H,2,8-9,11-13H2,1H3,(H,22,23,24). The molecule has 2 aromatic rings. The van der Waals surface area contributed by atoms with Crippen LogP contribution in [0.15, 0.2) is 42.7 Å². The van der Waals surface area contributed by atoms with Crippen molar-refractivity contribution in [2.24, 2.45) is 0 Å². The largest absolute Gasteiger partial charge is 0.387 e. The van der Waals surface area contributed by atoms with Gasteiger partial charge < -0.3 is 20.2 Å². The monoisotopic (exact) mass is 381 g/mol. The molecule has 2 fully saturated rings. The van der Waals surface area contributed by atoms with E-state index >= 15 is 0 Å². The van der Waals surface area contributed by atoms with E-state index in [1.165, 1.54) is 0 Å². The molecule has 0 aliphatic carbocycles. The van der Waals surface area contributed by atoms with E-state index in [1.807, 2.05) is 43.3 Å². The first-order valence-corrected chi connectivity index (χ1v) is 10.0. The molecule has 28 heavy (non-hydrogen) atoms. The SMILES string of the molecule is CCC(=O)N1C2CCC1CN(c1cc(NCC(O)c3ccccc3)ncn1)C2. The highest BCUT2D eigenvalue weighted by atomic mass is 16.3. The van der Waals surface area contributed by atoms with Crippen molar-refractivity contribution in [1.82, 2.24) is 14.9 Å². The van der Waals surface area contributed by atoms with Crippen LogP contribution in [0.2, 0.25) is 0 Å². The summed E-state index contributed by atoms with van der Waals surface area (Å²) in [6.45, 7) is 3.93. The van der Waals surface area contributed by atoms with Crippen molar-refractivity contribution in [3.63, 3.8) is 0 Å². The Morgan fingerprint density at radius 1 is 1.21 bits per heavy atom. The fourth-order valence-corrected chi connectivity index (χ4v) is 4.29. The number of fused-ring (bicyclic) bond motifs is 2. The summed E-state index contributed by atoms with van der Waals surface area (Å²) in [6.07, 6.45) is 3.65. The van der Waals surface area contributed by atoms with E-state index in [0.29, 0.717) is 18.8 Å². The van der Waals surface area contributed by atoms with Crippen molar-refractivity contribution >= 4 is 17.5 Å². The van der Waals surface area contributed by atoms with Gasteiger partial charge in [0.15, 0.2) is 0 Å². The zero-order valence-corrected chi connectivity index (χ0v) is 16.2. The lowest BCUT2D eigenvalue weighted by Gasteiger charge is -2.41. The van der Waals surface area contributed by atoms with Gasteiger partial charge in [-0.05, 0) is 18.4 Å². The fraction of sp³-hybridized carbons (Fsp3) is 0.476. The van der Waals surface area contributed by atoms with Crippen molar-refractivity contribution in [3.05, 3.63) is 48.3 Å². The second-order valence-electron chi connectivity index (χ2n) is 7.51. The quantitative estimate of drug-likeness (QED) is 0.798. The van der Waals surface area contributed by atoms with E-state index in [2.05, 4.69) is 25.1 Å². The highest BCUT2D eigenvalue weighted by Gasteiger charge is 2.42. The normalized spacial score (nSPS) is 22.2. The third-order valence-electron chi connectivity index (χ3n) is 5.71. The van der Waals surface area contributed by atoms with E-state index in [4.69, 9.17) is 0 Å². The number of anilines is 2. The van der Waals surface area contributed by atoms with Gasteiger partial charge in [0.05, 0.1) is 6.10 Å². The van der Waals surface area contributed by atoms with Gasteiger partial charge in [-0.3, -0.25) is 4.79 Å². The van der Waals surface area contributed by atoms with Crippen LogP contribution < -0.4 is 10.2 Å². The maximum absolute atomic E-state index is 12.2. The first-order chi connectivity index (χ1) is 13.7. The number of nitrogens with zero attached hydrogens (tertiary/aromatic N) is 4. The minimum atomic E-state index is -0.598. The number of hydrogen-bond donors (Lipinski definition) is 2. The van der Waals surface area contributed by atoms with Gasteiger partial charge >= 0.3 is 0 Å². The number of aliphatic hydroxyl groups is 1. The number of carbonyl (C=O) groups excluding carboxylic acids is 1. The molecule has 3 atom stereocenters. The zero-order chi connectivity index (χ0) is 19.5. The Kier molecular flexibility index (Phi) is 5.43. The van der Waals surface area contributed by atoms with Crippen LogP contribution in [0, 0.1) is 0 Å². The van der Waals surface area contributed by atoms with E-state index in [-0.39, 0.29) is 18.0 Å². The van der Waals surface area contributed by atoms with Crippen molar-refractivity contribution in [2.45, 2.75) is 44.4 Å². The second kappa shape index (κ2) is 8.14. The van der Waals surface area contributed by atoms with Crippen LogP contribution in [0.1, 0.15) is 37.9 Å². The second-order valence-corrected chi connectivity index (χ2v) is 7.51. The van der Waals surface area contributed by atoms with Crippen LogP contribution in [0.3, 0.4) is 0 Å². The van der Waals surface area contributed by atoms with Gasteiger partial charge in [-0.15, -0.1) is 0 Å². The lowest BCUT2D eigenvalue weighted by Crippen LogP contribution is -2.56. The summed E-state index contributed by atoms with van der Waals surface area (Å²) in [5.41, 5.74) is 0.873. The highest BCUT2D eigenvalue weighted by molar-refractivity contribution is 5.77. The van der Waals surface area contributed by atoms with E-state index < -0.39 is 6.10 Å². The summed E-state index contributed by atoms with van der Waals surface area (Å²) in [5.74, 6) is 1.82. The van der Waals surface area contributed by atoms with Gasteiger partial charge in [0.25, 0.3) is 0 Å². The summed E-state index contributed by atoms with van der Waals surface area (Å²) < 4.78 is 0. The summed E-state index contributed by atoms with van der Waals surface area (Å²) in [6, 6.07) is 12.1. The molecule has 0 spiro atoms. The van der Waals surface area contributed by atoms with Crippen LogP contribution in [0.4, 0.5) is 11.6 Å². The van der Waals surface area contributed by atoms with Crippen molar-refractivity contribution < 1.29 is 9.90 Å². The molecule has 148 valence electrons. The summed E-state index contributed by atoms with van der Waals surface area (Å²) in [7, 11) is 0. The Morgan fingerprint density at radius 2 is 1.93 bits per heavy atom. The minimum Gasteiger partial charge on any atom is -0.387 e. The molecule has 3 unspecified atom stereocenters. The van der Waals surface area contributed by atoms with Gasteiger partial charge in [-0.25, -0.2) is 9.97 Å². The van der Waals surface area contributed by atoms with Crippen LogP contribution in [-0.4, -0.2) is 57.6 Å². The predicted molar refractivity (Wildman–Crippen MR) is 108 cm³/mol. The molecule has 2 aliphatic rings. The number of aliphatic hydroxyl groups excluding tert-OH is 1. The average molecular weight is 381 g/mol. The number of aromatic nitrogens is 2. The third-order valence-corrected chi connectivity index (χ3v) is 5.71. The van der Waals surface area contributed by atoms with E-state index in [9.17, 15) is 9.90 Å². The molecule has 1 aromatic heterocycles. The van der Waals surface area contributed by atoms with Gasteiger partial charge in [0.1, 0.15) is 18.0 Å². The van der Waals surface area contributed by atoms with E-state index in [1.54, 1.807) is 6.33 Å². The van der Waals surface area contributed by atoms with Crippen molar-refractivity contribution in [1.29, 1.82) is 0 Å². The van der Waals surface area contributed by atoms with E-state index in [0.717, 1.165) is 37.3 Å². The van der Waals surface area contributed by atoms with Gasteiger partial charge in [-0.2, -0.15) is 0 Å². The molecular formula is C21H27N5O2. The number of hydrogen-bond acceptors (Lipinski definition) is 6. The Hall–Kier alpha value is -2.67. The number of piperazine rings is 1. The fourth-order valence-electron chi connectivity index (χ4n) is 4.29. The molecular weight excluding hydrogens is 354 g/mol. The molecule has 7 nitrogen and oxygen atoms in total. The van der Waals surface area contributed by atoms with Gasteiger partial charge in [0.2, 0.25) is 5.91 Å². The first-order valence-electron chi connectivity index (χ1n) is 10.0. The lowest BCUT2D eigenvalue weighted by atomic mass is 10.1. The Labute approximate surface area is 165 Å². The molecule has 1 amide bonds. The van der Waals surface area contributed by atoms with Crippen LogP contribution in [0.25, 0.3) is 0 Å². The molecule has 2 bridgehead atoms. The van der Waals surface area contributed by atoms with Crippen molar-refractivity contribution in [2.75, 3.05) is 29.9 Å². The van der Waals surface area contributed by atoms with Crippen LogP contribution in [-0.2, 0) is 4.79 Å². The molecule has 7 heteroatoms. The average Bonchev–Trinajstić information content (AvgIpc) is 3.01. The smallest absolute Gasteiger partial charge is 0.222 e. The maximum Gasteiger partial charge on any atom is 0.222 e. The van der Waals surface area contributed by atoms with Crippen LogP contribution >= 0.6 is 0 Å². The minimum absolute atomic E-state index is 0.257. The Balaban J connectivity index is 1.40. The van der Waals surface area contributed by atoms with Gasteiger partial charge in [-0.1, -0.05) is 37.3 Å². The summed E-state index contributed by atoms with van der Waals surface area (Å²) in [5, 5.41) is 13.5. The molecule has 2 saturated heterocycles. The maximum atomic E-state index is 12.2. The van der Waals surface area contributed by atoms with Crippen molar-refractivity contribution in [3.8, 4) is 0 Å². The molecule has 4 rings (SSSR count). The third kappa shape index (κ3) is 3.80. The predicted octanol–water partition coefficient (Wildman–Crippen LogP) is 2.21. The number of benzene rings is 1. The molecule has 2 N–H and O–H groups in total. The summed E-state index contributed by atoms with van der Waals surface area (Å²) >= 11 is 0. The lowest BCUT2D eigenvalue weighted by molar-refractivity contribution is -0.134. The highest BCUT2D eigenvalue weighted by Crippen LogP contribution is 2.32. The number of nitrogens with one attached hydrogen (secondary N) is 1. The van der Waals surface area contributed by atoms with Gasteiger partial charge in [0, 0.05) is 44.2 Å². The number of carbonyl (C=O) groups is 1. The molecule has 0 radical (unpaired) electrons.